The zero-order valence-corrected chi connectivity index (χ0v) is 14.7. The summed E-state index contributed by atoms with van der Waals surface area (Å²) in [4.78, 5) is 14.5. The fourth-order valence-corrected chi connectivity index (χ4v) is 4.22. The Labute approximate surface area is 147 Å². The van der Waals surface area contributed by atoms with Gasteiger partial charge in [-0.1, -0.05) is 12.1 Å². The minimum Gasteiger partial charge on any atom is -0.757 e. The molecule has 4 nitrogen and oxygen atoms in total. The summed E-state index contributed by atoms with van der Waals surface area (Å²) in [5, 5.41) is 22.5. The largest absolute Gasteiger partial charge is 0.757 e. The molecule has 0 aromatic carbocycles. The highest BCUT2D eigenvalue weighted by molar-refractivity contribution is 7.12. The van der Waals surface area contributed by atoms with Crippen molar-refractivity contribution < 1.29 is 9.37 Å². The lowest BCUT2D eigenvalue weighted by atomic mass is 9.91. The Morgan fingerprint density at radius 3 is 2.50 bits per heavy atom. The van der Waals surface area contributed by atoms with E-state index in [1.807, 2.05) is 60.8 Å². The van der Waals surface area contributed by atoms with Gasteiger partial charge in [-0.2, -0.15) is 15.7 Å². The average molecular weight is 351 g/mol. The highest BCUT2D eigenvalue weighted by atomic mass is 32.1. The smallest absolute Gasteiger partial charge is 0.305 e. The molecule has 0 saturated carbocycles. The van der Waals surface area contributed by atoms with Gasteiger partial charge in [0.25, 0.3) is 0 Å². The van der Waals surface area contributed by atoms with Gasteiger partial charge in [-0.25, -0.2) is 0 Å². The first-order chi connectivity index (χ1) is 11.5. The second-order valence-electron chi connectivity index (χ2n) is 5.69. The molecule has 1 aliphatic heterocycles. The lowest BCUT2D eigenvalue weighted by Gasteiger charge is -2.19. The van der Waals surface area contributed by atoms with Gasteiger partial charge in [0.15, 0.2) is 11.6 Å². The van der Waals surface area contributed by atoms with E-state index in [4.69, 9.17) is 0 Å². The summed E-state index contributed by atoms with van der Waals surface area (Å²) in [5.41, 5.74) is 0.499. The molecule has 0 aliphatic carbocycles. The highest BCUT2D eigenvalue weighted by Crippen LogP contribution is 2.34. The molecule has 6 heteroatoms. The lowest BCUT2D eigenvalue weighted by molar-refractivity contribution is -0.530. The number of Topliss-reactive ketones (excluding diaryl/α,β-unsaturated/α-hetero) is 1. The van der Waals surface area contributed by atoms with Crippen LogP contribution in [0.25, 0.3) is 5.41 Å². The van der Waals surface area contributed by atoms with E-state index < -0.39 is 5.54 Å². The van der Waals surface area contributed by atoms with Crippen LogP contribution in [0.2, 0.25) is 0 Å². The molecule has 3 rings (SSSR count). The van der Waals surface area contributed by atoms with Gasteiger partial charge in [-0.15, -0.1) is 22.7 Å². The number of thiophene rings is 2. The van der Waals surface area contributed by atoms with Crippen LogP contribution >= 0.6 is 22.7 Å². The fourth-order valence-electron chi connectivity index (χ4n) is 2.81. The molecule has 2 aromatic heterocycles. The second-order valence-corrected chi connectivity index (χ2v) is 7.59. The van der Waals surface area contributed by atoms with E-state index in [0.29, 0.717) is 16.2 Å². The van der Waals surface area contributed by atoms with Crippen molar-refractivity contribution in [2.45, 2.75) is 19.4 Å². The standard InChI is InChI=1S/C18H13N3OS2/c1-18(2)13(17(22)16-6-4-8-24-16)9-14(15-5-3-7-23-15)21(18)12(10-19)11-20/h3-9H,1-2H3. The SMILES string of the molecule is CC1(C)C(C(=O)c2cccs2)=CC(c2cccs2)=[N+]1C(=C=[N-])C#N. The van der Waals surface area contributed by atoms with Crippen molar-refractivity contribution in [1.29, 1.82) is 5.26 Å². The number of carbonyl (C=O) groups is 1. The van der Waals surface area contributed by atoms with Gasteiger partial charge >= 0.3 is 5.70 Å². The molecule has 0 saturated heterocycles. The first-order valence-electron chi connectivity index (χ1n) is 7.19. The number of allylic oxidation sites excluding steroid dienone is 2. The Bertz CT molecular complexity index is 949. The third-order valence-corrected chi connectivity index (χ3v) is 5.70. The molecule has 0 fully saturated rings. The van der Waals surface area contributed by atoms with Crippen molar-refractivity contribution in [2.75, 3.05) is 0 Å². The van der Waals surface area contributed by atoms with E-state index in [1.165, 1.54) is 22.7 Å². The first-order valence-corrected chi connectivity index (χ1v) is 8.95. The number of nitriles is 1. The summed E-state index contributed by atoms with van der Waals surface area (Å²) in [6, 6.07) is 9.41. The van der Waals surface area contributed by atoms with Crippen molar-refractivity contribution >= 4 is 40.0 Å². The number of hydrogen-bond donors (Lipinski definition) is 0. The van der Waals surface area contributed by atoms with Gasteiger partial charge in [-0.3, -0.25) is 4.79 Å². The Kier molecular flexibility index (Phi) is 4.16. The Morgan fingerprint density at radius 1 is 1.25 bits per heavy atom. The number of hydrogen-bond acceptors (Lipinski definition) is 4. The predicted molar refractivity (Wildman–Crippen MR) is 97.0 cm³/mol. The van der Waals surface area contributed by atoms with Crippen LogP contribution in [0.4, 0.5) is 0 Å². The van der Waals surface area contributed by atoms with Crippen molar-refractivity contribution in [3.63, 3.8) is 0 Å². The molecule has 0 bridgehead atoms. The third kappa shape index (κ3) is 2.49. The Balaban J connectivity index is 2.21. The number of carbonyl (C=O) groups excluding carboxylic acids is 1. The summed E-state index contributed by atoms with van der Waals surface area (Å²) in [6.07, 6.45) is 1.81. The number of rotatable bonds is 4. The molecule has 24 heavy (non-hydrogen) atoms. The van der Waals surface area contributed by atoms with Crippen molar-refractivity contribution in [2.24, 2.45) is 0 Å². The molecule has 0 N–H and O–H groups in total. The summed E-state index contributed by atoms with van der Waals surface area (Å²) in [7, 11) is 0. The monoisotopic (exact) mass is 351 g/mol. The van der Waals surface area contributed by atoms with Crippen LogP contribution in [0.5, 0.6) is 0 Å². The van der Waals surface area contributed by atoms with Gasteiger partial charge in [0, 0.05) is 19.9 Å². The second kappa shape index (κ2) is 6.14. The maximum atomic E-state index is 12.9. The van der Waals surface area contributed by atoms with Crippen LogP contribution in [0.1, 0.15) is 28.4 Å². The van der Waals surface area contributed by atoms with Crippen molar-refractivity contribution in [3.8, 4) is 6.07 Å². The normalized spacial score (nSPS) is 15.6. The van der Waals surface area contributed by atoms with Crippen LogP contribution in [0.3, 0.4) is 0 Å². The molecule has 0 spiro atoms. The predicted octanol–water partition coefficient (Wildman–Crippen LogP) is 3.86. The molecule has 2 aromatic rings. The van der Waals surface area contributed by atoms with Gasteiger partial charge in [-0.05, 0) is 22.9 Å². The van der Waals surface area contributed by atoms with Gasteiger partial charge < -0.3 is 5.41 Å². The quantitative estimate of drug-likeness (QED) is 0.363. The maximum absolute atomic E-state index is 12.9. The molecule has 0 amide bonds. The van der Waals surface area contributed by atoms with Crippen LogP contribution in [0, 0.1) is 11.3 Å². The van der Waals surface area contributed by atoms with Crippen molar-refractivity contribution in [1.82, 2.24) is 0 Å². The Hall–Kier alpha value is -2.58. The molecule has 0 radical (unpaired) electrons. The Morgan fingerprint density at radius 2 is 1.96 bits per heavy atom. The molecule has 3 heterocycles. The van der Waals surface area contributed by atoms with Crippen LogP contribution in [-0.2, 0) is 0 Å². The van der Waals surface area contributed by atoms with E-state index in [9.17, 15) is 15.5 Å². The summed E-state index contributed by atoms with van der Waals surface area (Å²) in [5.74, 6) is 1.89. The zero-order valence-electron chi connectivity index (χ0n) is 13.1. The van der Waals surface area contributed by atoms with Gasteiger partial charge in [0.05, 0.1) is 15.3 Å². The van der Waals surface area contributed by atoms with Crippen LogP contribution < -0.4 is 0 Å². The third-order valence-electron chi connectivity index (χ3n) is 3.94. The maximum Gasteiger partial charge on any atom is 0.305 e. The van der Waals surface area contributed by atoms with Crippen molar-refractivity contribution in [3.05, 3.63) is 67.5 Å². The first kappa shape index (κ1) is 16.3. The van der Waals surface area contributed by atoms with Gasteiger partial charge in [0.1, 0.15) is 0 Å². The number of nitrogens with zero attached hydrogens (tertiary/aromatic N) is 3. The van der Waals surface area contributed by atoms with Gasteiger partial charge in [0.2, 0.25) is 11.5 Å². The average Bonchev–Trinajstić information content (AvgIpc) is 3.29. The zero-order chi connectivity index (χ0) is 17.3. The molecule has 118 valence electrons. The minimum absolute atomic E-state index is 0.0198. The lowest BCUT2D eigenvalue weighted by Crippen LogP contribution is -2.38. The van der Waals surface area contributed by atoms with E-state index in [2.05, 4.69) is 0 Å². The molecular formula is C18H13N3OS2. The van der Waals surface area contributed by atoms with Crippen LogP contribution in [0.15, 0.2) is 52.4 Å². The fraction of sp³-hybridized carbons (Fsp3) is 0.167. The van der Waals surface area contributed by atoms with E-state index in [-0.39, 0.29) is 11.5 Å². The molecule has 0 atom stereocenters. The van der Waals surface area contributed by atoms with Crippen LogP contribution in [-0.4, -0.2) is 27.5 Å². The number of ketones is 1. The summed E-state index contributed by atoms with van der Waals surface area (Å²) in [6.45, 7) is 3.72. The van der Waals surface area contributed by atoms with E-state index >= 15 is 0 Å². The van der Waals surface area contributed by atoms with E-state index in [1.54, 1.807) is 10.6 Å². The highest BCUT2D eigenvalue weighted by Gasteiger charge is 2.48. The summed E-state index contributed by atoms with van der Waals surface area (Å²) < 4.78 is 1.67. The topological polar surface area (TPSA) is 66.2 Å². The minimum atomic E-state index is -0.777. The molecule has 0 unspecified atom stereocenters. The molecule has 1 aliphatic rings. The molecular weight excluding hydrogens is 338 g/mol. The van der Waals surface area contributed by atoms with E-state index in [0.717, 1.165) is 4.88 Å². The summed E-state index contributed by atoms with van der Waals surface area (Å²) >= 11 is 2.90.